The van der Waals surface area contributed by atoms with Crippen LogP contribution in [0.15, 0.2) is 47.3 Å². The number of nitrogens with two attached hydrogens (primary N) is 1. The summed E-state index contributed by atoms with van der Waals surface area (Å²) < 4.78 is 14.8. The van der Waals surface area contributed by atoms with Gasteiger partial charge in [-0.05, 0) is 42.5 Å². The summed E-state index contributed by atoms with van der Waals surface area (Å²) in [5.41, 5.74) is 5.17. The van der Waals surface area contributed by atoms with Crippen molar-refractivity contribution in [2.45, 2.75) is 0 Å². The van der Waals surface area contributed by atoms with E-state index in [1.54, 1.807) is 7.05 Å². The van der Waals surface area contributed by atoms with Crippen LogP contribution in [0.4, 0.5) is 10.1 Å². The number of anilines is 1. The zero-order valence-corrected chi connectivity index (χ0v) is 13.1. The second-order valence-electron chi connectivity index (χ2n) is 5.36. The lowest BCUT2D eigenvalue weighted by Crippen LogP contribution is -2.26. The normalized spacial score (nSPS) is 10.6. The third-order valence-corrected chi connectivity index (χ3v) is 3.66. The molecule has 0 aliphatic rings. The van der Waals surface area contributed by atoms with E-state index in [1.165, 1.54) is 41.1 Å². The summed E-state index contributed by atoms with van der Waals surface area (Å²) in [6.45, 7) is 0. The molecule has 0 bridgehead atoms. The van der Waals surface area contributed by atoms with E-state index in [1.807, 2.05) is 0 Å². The summed E-state index contributed by atoms with van der Waals surface area (Å²) >= 11 is 0. The fourth-order valence-electron chi connectivity index (χ4n) is 2.41. The Hall–Kier alpha value is -3.55. The van der Waals surface area contributed by atoms with Gasteiger partial charge in [0.15, 0.2) is 5.69 Å². The molecule has 0 unspecified atom stereocenters. The van der Waals surface area contributed by atoms with E-state index in [2.05, 4.69) is 10.4 Å². The number of rotatable bonds is 3. The Balaban J connectivity index is 1.98. The minimum absolute atomic E-state index is 0.0618. The molecule has 0 aliphatic heterocycles. The number of nitrogens with one attached hydrogen (secondary N) is 1. The van der Waals surface area contributed by atoms with Crippen molar-refractivity contribution in [1.29, 1.82) is 0 Å². The van der Waals surface area contributed by atoms with Crippen molar-refractivity contribution in [1.82, 2.24) is 9.78 Å². The minimum Gasteiger partial charge on any atom is -0.366 e. The maximum Gasteiger partial charge on any atom is 0.280 e. The summed E-state index contributed by atoms with van der Waals surface area (Å²) in [6, 6.07) is 9.54. The fourth-order valence-corrected chi connectivity index (χ4v) is 2.41. The number of carbonyl (C=O) groups is 2. The van der Waals surface area contributed by atoms with Crippen molar-refractivity contribution in [3.8, 4) is 0 Å². The van der Waals surface area contributed by atoms with Crippen LogP contribution in [0.5, 0.6) is 0 Å². The molecule has 0 atom stereocenters. The van der Waals surface area contributed by atoms with Crippen molar-refractivity contribution >= 4 is 28.4 Å². The number of amides is 2. The molecule has 1 aromatic heterocycles. The van der Waals surface area contributed by atoms with Crippen LogP contribution in [0, 0.1) is 5.82 Å². The molecule has 126 valence electrons. The lowest BCUT2D eigenvalue weighted by molar-refractivity contribution is 0.0997. The summed E-state index contributed by atoms with van der Waals surface area (Å²) in [6.07, 6.45) is 0. The highest BCUT2D eigenvalue weighted by atomic mass is 19.1. The van der Waals surface area contributed by atoms with Gasteiger partial charge >= 0.3 is 0 Å². The molecule has 3 aromatic rings. The molecule has 7 nitrogen and oxygen atoms in total. The number of primary amides is 1. The highest BCUT2D eigenvalue weighted by Crippen LogP contribution is 2.13. The smallest absolute Gasteiger partial charge is 0.280 e. The van der Waals surface area contributed by atoms with Crippen molar-refractivity contribution in [2.24, 2.45) is 12.8 Å². The van der Waals surface area contributed by atoms with Gasteiger partial charge in [0.25, 0.3) is 5.91 Å². The van der Waals surface area contributed by atoms with Crippen molar-refractivity contribution in [2.75, 3.05) is 5.32 Å². The van der Waals surface area contributed by atoms with Crippen molar-refractivity contribution in [3.63, 3.8) is 0 Å². The van der Waals surface area contributed by atoms with Crippen LogP contribution in [0.3, 0.4) is 0 Å². The number of aryl methyl sites for hydroxylation is 1. The van der Waals surface area contributed by atoms with Gasteiger partial charge in [-0.2, -0.15) is 5.10 Å². The number of hydrogen-bond donors (Lipinski definition) is 2. The zero-order valence-electron chi connectivity index (χ0n) is 13.1. The molecule has 1 heterocycles. The Morgan fingerprint density at radius 1 is 1.16 bits per heavy atom. The van der Waals surface area contributed by atoms with Crippen LogP contribution >= 0.6 is 0 Å². The summed E-state index contributed by atoms with van der Waals surface area (Å²) in [7, 11) is 1.55. The number of aromatic nitrogens is 2. The van der Waals surface area contributed by atoms with E-state index in [-0.39, 0.29) is 16.6 Å². The van der Waals surface area contributed by atoms with E-state index >= 15 is 0 Å². The number of hydrogen-bond acceptors (Lipinski definition) is 4. The van der Waals surface area contributed by atoms with Crippen LogP contribution < -0.4 is 16.5 Å². The van der Waals surface area contributed by atoms with Gasteiger partial charge in [0, 0.05) is 18.3 Å². The molecule has 3 N–H and O–H groups in total. The van der Waals surface area contributed by atoms with Gasteiger partial charge in [0.2, 0.25) is 11.3 Å². The van der Waals surface area contributed by atoms with Crippen LogP contribution in [0.1, 0.15) is 20.8 Å². The summed E-state index contributed by atoms with van der Waals surface area (Å²) in [5.74, 6) is -1.91. The molecule has 0 aliphatic carbocycles. The van der Waals surface area contributed by atoms with Crippen LogP contribution in [-0.2, 0) is 7.05 Å². The lowest BCUT2D eigenvalue weighted by atomic mass is 10.1. The van der Waals surface area contributed by atoms with Gasteiger partial charge in [0.05, 0.1) is 10.9 Å². The lowest BCUT2D eigenvalue weighted by Gasteiger charge is -2.09. The number of halogens is 1. The SMILES string of the molecule is Cn1nc(C(=O)Nc2ccc(C(N)=O)cc2)c(=O)c2cc(F)ccc21. The fraction of sp³-hybridized carbons (Fsp3) is 0.0588. The Bertz CT molecular complexity index is 1060. The number of carbonyl (C=O) groups excluding carboxylic acids is 2. The maximum atomic E-state index is 13.4. The first kappa shape index (κ1) is 16.3. The van der Waals surface area contributed by atoms with Crippen molar-refractivity contribution < 1.29 is 14.0 Å². The Labute approximate surface area is 140 Å². The third kappa shape index (κ3) is 3.09. The molecule has 8 heteroatoms. The third-order valence-electron chi connectivity index (χ3n) is 3.66. The molecule has 0 spiro atoms. The average Bonchev–Trinajstić information content (AvgIpc) is 2.58. The van der Waals surface area contributed by atoms with E-state index in [4.69, 9.17) is 5.73 Å². The largest absolute Gasteiger partial charge is 0.366 e. The molecular weight excluding hydrogens is 327 g/mol. The van der Waals surface area contributed by atoms with E-state index in [9.17, 15) is 18.8 Å². The van der Waals surface area contributed by atoms with Crippen LogP contribution in [0.25, 0.3) is 10.9 Å². The number of nitrogens with zero attached hydrogens (tertiary/aromatic N) is 2. The average molecular weight is 340 g/mol. The van der Waals surface area contributed by atoms with Gasteiger partial charge in [0.1, 0.15) is 5.82 Å². The second-order valence-corrected chi connectivity index (χ2v) is 5.36. The Morgan fingerprint density at radius 3 is 2.48 bits per heavy atom. The first-order valence-electron chi connectivity index (χ1n) is 7.24. The van der Waals surface area contributed by atoms with Crippen LogP contribution in [0.2, 0.25) is 0 Å². The molecule has 0 saturated carbocycles. The standard InChI is InChI=1S/C17H13FN4O3/c1-22-13-7-4-10(18)8-12(13)15(23)14(21-22)17(25)20-11-5-2-9(3-6-11)16(19)24/h2-8H,1H3,(H2,19,24)(H,20,25). The molecular formula is C17H13FN4O3. The number of fused-ring (bicyclic) bond motifs is 1. The maximum absolute atomic E-state index is 13.4. The number of benzene rings is 2. The predicted octanol–water partition coefficient (Wildman–Crippen LogP) is 1.42. The van der Waals surface area contributed by atoms with Crippen LogP contribution in [-0.4, -0.2) is 21.6 Å². The van der Waals surface area contributed by atoms with Crippen molar-refractivity contribution in [3.05, 3.63) is 69.8 Å². The molecule has 2 aromatic carbocycles. The van der Waals surface area contributed by atoms with Gasteiger partial charge < -0.3 is 11.1 Å². The predicted molar refractivity (Wildman–Crippen MR) is 89.9 cm³/mol. The van der Waals surface area contributed by atoms with Gasteiger partial charge in [-0.3, -0.25) is 19.1 Å². The van der Waals surface area contributed by atoms with Gasteiger partial charge in [-0.25, -0.2) is 4.39 Å². The second kappa shape index (κ2) is 6.16. The highest BCUT2D eigenvalue weighted by molar-refractivity contribution is 6.04. The topological polar surface area (TPSA) is 107 Å². The quantitative estimate of drug-likeness (QED) is 0.752. The molecule has 2 amide bonds. The zero-order chi connectivity index (χ0) is 18.1. The van der Waals surface area contributed by atoms with E-state index in [0.29, 0.717) is 11.2 Å². The molecule has 0 fully saturated rings. The highest BCUT2D eigenvalue weighted by Gasteiger charge is 2.17. The van der Waals surface area contributed by atoms with Gasteiger partial charge in [-0.15, -0.1) is 0 Å². The molecule has 0 radical (unpaired) electrons. The molecule has 0 saturated heterocycles. The minimum atomic E-state index is -0.737. The summed E-state index contributed by atoms with van der Waals surface area (Å²) in [4.78, 5) is 35.8. The first-order valence-corrected chi connectivity index (χ1v) is 7.24. The first-order chi connectivity index (χ1) is 11.9. The van der Waals surface area contributed by atoms with E-state index in [0.717, 1.165) is 6.07 Å². The summed E-state index contributed by atoms with van der Waals surface area (Å²) in [5, 5.41) is 6.54. The van der Waals surface area contributed by atoms with E-state index < -0.39 is 23.1 Å². The monoisotopic (exact) mass is 340 g/mol. The Morgan fingerprint density at radius 2 is 1.84 bits per heavy atom. The Kier molecular flexibility index (Phi) is 4.02. The molecule has 25 heavy (non-hydrogen) atoms. The molecule has 3 rings (SSSR count). The van der Waals surface area contributed by atoms with Gasteiger partial charge in [-0.1, -0.05) is 0 Å².